The van der Waals surface area contributed by atoms with Gasteiger partial charge in [-0.25, -0.2) is 0 Å². The Hall–Kier alpha value is -1.10. The summed E-state index contributed by atoms with van der Waals surface area (Å²) in [7, 11) is 0. The first kappa shape index (κ1) is 14.8. The third-order valence-electron chi connectivity index (χ3n) is 4.93. The number of ether oxygens (including phenoxy) is 1. The summed E-state index contributed by atoms with van der Waals surface area (Å²) in [4.78, 5) is 2.43. The smallest absolute Gasteiger partial charge is 0.119 e. The number of fused-ring (bicyclic) bond motifs is 1. The number of likely N-dealkylation sites (tertiary alicyclic amines) is 1. The van der Waals surface area contributed by atoms with E-state index in [1.807, 2.05) is 12.1 Å². The standard InChI is InChI=1S/C17H26N2O2/c18-8-7-13-1-4-15(5-2-13)21-10-9-19-11-14-3-6-17(20)16(14)12-19/h1-2,4-5,14,16-17,20H,3,6-12,18H2. The number of hydrogen-bond acceptors (Lipinski definition) is 4. The molecule has 2 fully saturated rings. The van der Waals surface area contributed by atoms with Crippen LogP contribution in [0, 0.1) is 11.8 Å². The lowest BCUT2D eigenvalue weighted by Gasteiger charge is -2.18. The molecule has 1 aliphatic heterocycles. The van der Waals surface area contributed by atoms with Crippen molar-refractivity contribution in [2.75, 3.05) is 32.8 Å². The number of nitrogens with two attached hydrogens (primary N) is 1. The Labute approximate surface area is 126 Å². The first-order chi connectivity index (χ1) is 10.3. The summed E-state index contributed by atoms with van der Waals surface area (Å²) >= 11 is 0. The Bertz CT molecular complexity index is 449. The Balaban J connectivity index is 1.40. The third-order valence-corrected chi connectivity index (χ3v) is 4.93. The highest BCUT2D eigenvalue weighted by atomic mass is 16.5. The van der Waals surface area contributed by atoms with Crippen LogP contribution >= 0.6 is 0 Å². The first-order valence-electron chi connectivity index (χ1n) is 8.08. The maximum absolute atomic E-state index is 9.92. The van der Waals surface area contributed by atoms with Crippen molar-refractivity contribution in [2.45, 2.75) is 25.4 Å². The van der Waals surface area contributed by atoms with E-state index in [-0.39, 0.29) is 6.10 Å². The second-order valence-corrected chi connectivity index (χ2v) is 6.36. The molecule has 1 aromatic carbocycles. The van der Waals surface area contributed by atoms with Crippen molar-refractivity contribution in [1.29, 1.82) is 0 Å². The fourth-order valence-corrected chi connectivity index (χ4v) is 3.72. The zero-order valence-corrected chi connectivity index (χ0v) is 12.6. The molecule has 3 rings (SSSR count). The van der Waals surface area contributed by atoms with Gasteiger partial charge in [0, 0.05) is 25.6 Å². The van der Waals surface area contributed by atoms with Crippen molar-refractivity contribution in [1.82, 2.24) is 4.90 Å². The van der Waals surface area contributed by atoms with Crippen LogP contribution < -0.4 is 10.5 Å². The Morgan fingerprint density at radius 3 is 2.71 bits per heavy atom. The van der Waals surface area contributed by atoms with E-state index >= 15 is 0 Å². The summed E-state index contributed by atoms with van der Waals surface area (Å²) in [5, 5.41) is 9.92. The Morgan fingerprint density at radius 1 is 1.19 bits per heavy atom. The second-order valence-electron chi connectivity index (χ2n) is 6.36. The maximum atomic E-state index is 9.92. The zero-order valence-electron chi connectivity index (χ0n) is 12.6. The van der Waals surface area contributed by atoms with Gasteiger partial charge in [-0.15, -0.1) is 0 Å². The van der Waals surface area contributed by atoms with Gasteiger partial charge in [0.2, 0.25) is 0 Å². The van der Waals surface area contributed by atoms with Crippen LogP contribution in [0.2, 0.25) is 0 Å². The molecule has 1 aromatic rings. The molecule has 4 nitrogen and oxygen atoms in total. The molecule has 2 aliphatic rings. The van der Waals surface area contributed by atoms with Crippen molar-refractivity contribution in [3.05, 3.63) is 29.8 Å². The fraction of sp³-hybridized carbons (Fsp3) is 0.647. The van der Waals surface area contributed by atoms with Crippen molar-refractivity contribution < 1.29 is 9.84 Å². The van der Waals surface area contributed by atoms with E-state index in [1.54, 1.807) is 0 Å². The zero-order chi connectivity index (χ0) is 14.7. The minimum atomic E-state index is -0.0731. The van der Waals surface area contributed by atoms with Crippen LogP contribution in [0.5, 0.6) is 5.75 Å². The molecule has 1 saturated heterocycles. The minimum Gasteiger partial charge on any atom is -0.492 e. The lowest BCUT2D eigenvalue weighted by molar-refractivity contribution is 0.122. The van der Waals surface area contributed by atoms with Gasteiger partial charge < -0.3 is 15.6 Å². The van der Waals surface area contributed by atoms with Gasteiger partial charge in [0.05, 0.1) is 6.10 Å². The molecule has 3 N–H and O–H groups in total. The van der Waals surface area contributed by atoms with E-state index in [9.17, 15) is 5.11 Å². The number of nitrogens with zero attached hydrogens (tertiary/aromatic N) is 1. The highest BCUT2D eigenvalue weighted by molar-refractivity contribution is 5.27. The molecule has 116 valence electrons. The molecule has 3 atom stereocenters. The van der Waals surface area contributed by atoms with Crippen molar-refractivity contribution in [3.8, 4) is 5.75 Å². The van der Waals surface area contributed by atoms with Crippen LogP contribution in [0.15, 0.2) is 24.3 Å². The molecule has 0 spiro atoms. The van der Waals surface area contributed by atoms with E-state index in [4.69, 9.17) is 10.5 Å². The fourth-order valence-electron chi connectivity index (χ4n) is 3.72. The van der Waals surface area contributed by atoms with Gasteiger partial charge in [-0.3, -0.25) is 4.90 Å². The summed E-state index contributed by atoms with van der Waals surface area (Å²) in [6.07, 6.45) is 3.02. The monoisotopic (exact) mass is 290 g/mol. The molecule has 3 unspecified atom stereocenters. The molecule has 1 saturated carbocycles. The molecular weight excluding hydrogens is 264 g/mol. The van der Waals surface area contributed by atoms with Gasteiger partial charge in [0.15, 0.2) is 0 Å². The SMILES string of the molecule is NCCc1ccc(OCCN2CC3CCC(O)C3C2)cc1. The van der Waals surface area contributed by atoms with E-state index in [0.29, 0.717) is 25.0 Å². The van der Waals surface area contributed by atoms with Gasteiger partial charge in [-0.05, 0) is 49.4 Å². The first-order valence-corrected chi connectivity index (χ1v) is 8.08. The highest BCUT2D eigenvalue weighted by Gasteiger charge is 2.41. The predicted octanol–water partition coefficient (Wildman–Crippen LogP) is 1.27. The largest absolute Gasteiger partial charge is 0.492 e. The number of aliphatic hydroxyl groups is 1. The van der Waals surface area contributed by atoms with Gasteiger partial charge >= 0.3 is 0 Å². The summed E-state index contributed by atoms with van der Waals surface area (Å²) in [5.41, 5.74) is 6.80. The van der Waals surface area contributed by atoms with E-state index < -0.39 is 0 Å². The lowest BCUT2D eigenvalue weighted by Crippen LogP contribution is -2.28. The van der Waals surface area contributed by atoms with Crippen LogP contribution in [0.3, 0.4) is 0 Å². The Kier molecular flexibility index (Phi) is 4.78. The molecule has 0 radical (unpaired) electrons. The average Bonchev–Trinajstić information content (AvgIpc) is 3.04. The molecule has 0 amide bonds. The van der Waals surface area contributed by atoms with Crippen LogP contribution in [-0.2, 0) is 6.42 Å². The number of aliphatic hydroxyl groups excluding tert-OH is 1. The highest BCUT2D eigenvalue weighted by Crippen LogP contribution is 2.37. The van der Waals surface area contributed by atoms with E-state index in [0.717, 1.165) is 38.2 Å². The van der Waals surface area contributed by atoms with Gasteiger partial charge in [0.25, 0.3) is 0 Å². The van der Waals surface area contributed by atoms with Crippen LogP contribution in [-0.4, -0.2) is 48.9 Å². The average molecular weight is 290 g/mol. The minimum absolute atomic E-state index is 0.0731. The third kappa shape index (κ3) is 3.57. The second kappa shape index (κ2) is 6.77. The molecule has 4 heteroatoms. The molecule has 21 heavy (non-hydrogen) atoms. The van der Waals surface area contributed by atoms with Crippen LogP contribution in [0.25, 0.3) is 0 Å². The van der Waals surface area contributed by atoms with Crippen LogP contribution in [0.1, 0.15) is 18.4 Å². The van der Waals surface area contributed by atoms with Gasteiger partial charge in [0.1, 0.15) is 12.4 Å². The quantitative estimate of drug-likeness (QED) is 0.828. The molecule has 1 heterocycles. The number of rotatable bonds is 6. The molecule has 0 aromatic heterocycles. The van der Waals surface area contributed by atoms with Gasteiger partial charge in [-0.2, -0.15) is 0 Å². The predicted molar refractivity (Wildman–Crippen MR) is 83.4 cm³/mol. The lowest BCUT2D eigenvalue weighted by atomic mass is 10.00. The molecular formula is C17H26N2O2. The van der Waals surface area contributed by atoms with Crippen molar-refractivity contribution >= 4 is 0 Å². The van der Waals surface area contributed by atoms with Crippen molar-refractivity contribution in [2.24, 2.45) is 17.6 Å². The number of hydrogen-bond donors (Lipinski definition) is 2. The summed E-state index contributed by atoms with van der Waals surface area (Å²) in [6, 6.07) is 8.21. The van der Waals surface area contributed by atoms with Crippen LogP contribution in [0.4, 0.5) is 0 Å². The van der Waals surface area contributed by atoms with E-state index in [1.165, 1.54) is 12.0 Å². The maximum Gasteiger partial charge on any atom is 0.119 e. The normalized spacial score (nSPS) is 28.8. The van der Waals surface area contributed by atoms with Gasteiger partial charge in [-0.1, -0.05) is 12.1 Å². The summed E-state index contributed by atoms with van der Waals surface area (Å²) in [6.45, 7) is 4.50. The number of benzene rings is 1. The van der Waals surface area contributed by atoms with E-state index in [2.05, 4.69) is 17.0 Å². The summed E-state index contributed by atoms with van der Waals surface area (Å²) < 4.78 is 5.81. The summed E-state index contributed by atoms with van der Waals surface area (Å²) in [5.74, 6) is 2.13. The topological polar surface area (TPSA) is 58.7 Å². The molecule has 1 aliphatic carbocycles. The molecule has 0 bridgehead atoms. The van der Waals surface area contributed by atoms with Crippen molar-refractivity contribution in [3.63, 3.8) is 0 Å². The Morgan fingerprint density at radius 2 is 2.00 bits per heavy atom.